The minimum Gasteiger partial charge on any atom is -0.498 e. The van der Waals surface area contributed by atoms with Crippen LogP contribution in [-0.4, -0.2) is 61.3 Å². The Labute approximate surface area is 183 Å². The fraction of sp³-hybridized carbons (Fsp3) is 0.609. The Kier molecular flexibility index (Phi) is 6.10. The van der Waals surface area contributed by atoms with E-state index in [4.69, 9.17) is 28.5 Å². The largest absolute Gasteiger partial charge is 0.498 e. The van der Waals surface area contributed by atoms with Crippen molar-refractivity contribution >= 4 is 0 Å². The van der Waals surface area contributed by atoms with Gasteiger partial charge in [0.1, 0.15) is 42.8 Å². The van der Waals surface area contributed by atoms with E-state index in [1.165, 1.54) is 0 Å². The normalized spacial score (nSPS) is 32.8. The van der Waals surface area contributed by atoms with Crippen LogP contribution >= 0.6 is 0 Å². The zero-order valence-electron chi connectivity index (χ0n) is 18.7. The number of nitrogens with zero attached hydrogens (tertiary/aromatic N) is 2. The van der Waals surface area contributed by atoms with Crippen LogP contribution in [0.5, 0.6) is 0 Å². The van der Waals surface area contributed by atoms with E-state index in [1.807, 2.05) is 63.1 Å². The first kappa shape index (κ1) is 22.2. The summed E-state index contributed by atoms with van der Waals surface area (Å²) in [5.41, 5.74) is 1.51. The number of ether oxygens (including phenoxy) is 5. The minimum atomic E-state index is -0.840. The lowest BCUT2D eigenvalue weighted by Crippen LogP contribution is -2.54. The molecule has 2 fully saturated rings. The van der Waals surface area contributed by atoms with E-state index in [9.17, 15) is 5.26 Å². The van der Waals surface area contributed by atoms with Crippen molar-refractivity contribution in [3.05, 3.63) is 47.2 Å². The average Bonchev–Trinajstić information content (AvgIpc) is 3.26. The lowest BCUT2D eigenvalue weighted by molar-refractivity contribution is -0.226. The van der Waals surface area contributed by atoms with Gasteiger partial charge in [0.05, 0.1) is 25.8 Å². The highest BCUT2D eigenvalue weighted by Crippen LogP contribution is 2.41. The highest BCUT2D eigenvalue weighted by molar-refractivity contribution is 5.31. The van der Waals surface area contributed by atoms with Crippen molar-refractivity contribution in [2.75, 3.05) is 20.3 Å². The van der Waals surface area contributed by atoms with Crippen LogP contribution in [0.4, 0.5) is 0 Å². The van der Waals surface area contributed by atoms with Crippen LogP contribution in [0.3, 0.4) is 0 Å². The predicted octanol–water partition coefficient (Wildman–Crippen LogP) is 2.90. The molecule has 0 aliphatic carbocycles. The molecule has 1 aromatic rings. The molecule has 4 rings (SSSR count). The van der Waals surface area contributed by atoms with E-state index >= 15 is 0 Å². The molecule has 0 amide bonds. The molecule has 0 spiro atoms. The van der Waals surface area contributed by atoms with Gasteiger partial charge in [-0.2, -0.15) is 10.3 Å². The third kappa shape index (κ3) is 4.62. The van der Waals surface area contributed by atoms with Crippen LogP contribution in [0.15, 0.2) is 41.7 Å². The van der Waals surface area contributed by atoms with Gasteiger partial charge in [-0.3, -0.25) is 4.84 Å². The molecule has 0 bridgehead atoms. The topological polar surface area (TPSA) is 82.4 Å². The highest BCUT2D eigenvalue weighted by Gasteiger charge is 2.55. The molecule has 0 radical (unpaired) electrons. The predicted molar refractivity (Wildman–Crippen MR) is 110 cm³/mol. The Morgan fingerprint density at radius 3 is 2.39 bits per heavy atom. The number of hydrogen-bond donors (Lipinski definition) is 0. The van der Waals surface area contributed by atoms with E-state index in [2.05, 4.69) is 6.07 Å². The van der Waals surface area contributed by atoms with Crippen LogP contribution in [0.25, 0.3) is 0 Å². The van der Waals surface area contributed by atoms with Crippen molar-refractivity contribution in [3.63, 3.8) is 0 Å². The number of hydrogen-bond acceptors (Lipinski definition) is 8. The molecule has 168 valence electrons. The Morgan fingerprint density at radius 1 is 1.06 bits per heavy atom. The van der Waals surface area contributed by atoms with E-state index < -0.39 is 29.8 Å². The van der Waals surface area contributed by atoms with Gasteiger partial charge in [-0.1, -0.05) is 30.3 Å². The second-order valence-electron chi connectivity index (χ2n) is 8.87. The Bertz CT molecular complexity index is 863. The molecule has 3 aliphatic rings. The smallest absolute Gasteiger partial charge is 0.163 e. The quantitative estimate of drug-likeness (QED) is 0.705. The van der Waals surface area contributed by atoms with Gasteiger partial charge in [0.2, 0.25) is 0 Å². The third-order valence-electron chi connectivity index (χ3n) is 5.66. The summed E-state index contributed by atoms with van der Waals surface area (Å²) in [6.45, 7) is 8.52. The monoisotopic (exact) mass is 430 g/mol. The van der Waals surface area contributed by atoms with Gasteiger partial charge < -0.3 is 23.7 Å². The van der Waals surface area contributed by atoms with Gasteiger partial charge >= 0.3 is 0 Å². The summed E-state index contributed by atoms with van der Waals surface area (Å²) in [7, 11) is 1.57. The summed E-state index contributed by atoms with van der Waals surface area (Å²) in [5.74, 6) is -1.01. The van der Waals surface area contributed by atoms with E-state index in [0.717, 1.165) is 5.56 Å². The van der Waals surface area contributed by atoms with Gasteiger partial charge in [0.25, 0.3) is 0 Å². The van der Waals surface area contributed by atoms with Crippen molar-refractivity contribution in [2.45, 2.75) is 70.2 Å². The van der Waals surface area contributed by atoms with Crippen molar-refractivity contribution in [1.29, 1.82) is 5.26 Å². The summed E-state index contributed by atoms with van der Waals surface area (Å²) >= 11 is 0. The number of hydroxylamine groups is 2. The van der Waals surface area contributed by atoms with Crippen LogP contribution in [0.2, 0.25) is 0 Å². The molecule has 8 heteroatoms. The Morgan fingerprint density at radius 2 is 1.77 bits per heavy atom. The van der Waals surface area contributed by atoms with Crippen molar-refractivity contribution in [1.82, 2.24) is 5.06 Å². The second kappa shape index (κ2) is 8.51. The van der Waals surface area contributed by atoms with E-state index in [0.29, 0.717) is 24.5 Å². The standard InChI is InChI=1S/C23H30N2O6/c1-22(2)27-14-17(29-22)20-21(31-23(3,4)30-20)18-19(26-5)16(11-24)13-28-25(18)12-15-9-7-6-8-10-15/h6-10,17-18,20-21H,12-14H2,1-5H3/t17-,18-,20-,21-/m1/s1. The molecule has 0 aromatic heterocycles. The molecule has 2 saturated heterocycles. The van der Waals surface area contributed by atoms with Crippen LogP contribution < -0.4 is 0 Å². The zero-order chi connectivity index (χ0) is 22.2. The molecule has 3 heterocycles. The number of methoxy groups -OCH3 is 1. The maximum Gasteiger partial charge on any atom is 0.163 e. The SMILES string of the molecule is COC1=C(C#N)CON(Cc2ccccc2)[C@H]1[C@H]1OC(C)(C)O[C@@H]1[C@H]1COC(C)(C)O1. The lowest BCUT2D eigenvalue weighted by atomic mass is 9.96. The zero-order valence-corrected chi connectivity index (χ0v) is 18.7. The average molecular weight is 431 g/mol. The number of rotatable bonds is 5. The minimum absolute atomic E-state index is 0.140. The first-order chi connectivity index (χ1) is 14.7. The second-order valence-corrected chi connectivity index (χ2v) is 8.87. The first-order valence-corrected chi connectivity index (χ1v) is 10.5. The van der Waals surface area contributed by atoms with Gasteiger partial charge in [-0.15, -0.1) is 0 Å². The Balaban J connectivity index is 1.70. The molecule has 0 unspecified atom stereocenters. The molecule has 8 nitrogen and oxygen atoms in total. The fourth-order valence-electron chi connectivity index (χ4n) is 4.39. The fourth-order valence-corrected chi connectivity index (χ4v) is 4.39. The number of benzene rings is 1. The van der Waals surface area contributed by atoms with Gasteiger partial charge in [-0.25, -0.2) is 0 Å². The molecule has 4 atom stereocenters. The summed E-state index contributed by atoms with van der Waals surface area (Å²) in [6, 6.07) is 11.7. The van der Waals surface area contributed by atoms with Crippen molar-refractivity contribution in [3.8, 4) is 6.07 Å². The van der Waals surface area contributed by atoms with Crippen molar-refractivity contribution < 1.29 is 28.5 Å². The van der Waals surface area contributed by atoms with Crippen LogP contribution in [0, 0.1) is 11.3 Å². The van der Waals surface area contributed by atoms with Gasteiger partial charge in [0, 0.05) is 0 Å². The molecule has 3 aliphatic heterocycles. The summed E-state index contributed by atoms with van der Waals surface area (Å²) in [5, 5.41) is 11.5. The molecule has 0 N–H and O–H groups in total. The van der Waals surface area contributed by atoms with Crippen LogP contribution in [-0.2, 0) is 35.1 Å². The summed E-state index contributed by atoms with van der Waals surface area (Å²) in [6.07, 6.45) is -1.27. The Hall–Kier alpha value is -1.99. The van der Waals surface area contributed by atoms with E-state index in [1.54, 1.807) is 7.11 Å². The van der Waals surface area contributed by atoms with Crippen LogP contribution in [0.1, 0.15) is 33.3 Å². The van der Waals surface area contributed by atoms with Crippen molar-refractivity contribution in [2.24, 2.45) is 0 Å². The number of nitriles is 1. The molecule has 31 heavy (non-hydrogen) atoms. The third-order valence-corrected chi connectivity index (χ3v) is 5.66. The molecular weight excluding hydrogens is 400 g/mol. The lowest BCUT2D eigenvalue weighted by Gasteiger charge is -2.40. The molecule has 0 saturated carbocycles. The summed E-state index contributed by atoms with van der Waals surface area (Å²) in [4.78, 5) is 6.03. The van der Waals surface area contributed by atoms with E-state index in [-0.39, 0.29) is 12.7 Å². The van der Waals surface area contributed by atoms with Gasteiger partial charge in [-0.05, 0) is 33.3 Å². The maximum atomic E-state index is 9.67. The van der Waals surface area contributed by atoms with Gasteiger partial charge in [0.15, 0.2) is 11.6 Å². The first-order valence-electron chi connectivity index (χ1n) is 10.5. The molecule has 1 aromatic carbocycles. The highest BCUT2D eigenvalue weighted by atomic mass is 16.8. The molecular formula is C23H30N2O6. The maximum absolute atomic E-state index is 9.67. The summed E-state index contributed by atoms with van der Waals surface area (Å²) < 4.78 is 30.3.